The van der Waals surface area contributed by atoms with Crippen molar-refractivity contribution in [2.75, 3.05) is 33.4 Å². The van der Waals surface area contributed by atoms with Crippen molar-refractivity contribution in [3.63, 3.8) is 0 Å². The lowest BCUT2D eigenvalue weighted by Crippen LogP contribution is -2.59. The Morgan fingerprint density at radius 1 is 1.15 bits per heavy atom. The van der Waals surface area contributed by atoms with Gasteiger partial charge >= 0.3 is 0 Å². The Bertz CT molecular complexity index is 316. The van der Waals surface area contributed by atoms with Crippen molar-refractivity contribution < 1.29 is 4.74 Å². The summed E-state index contributed by atoms with van der Waals surface area (Å²) >= 11 is 0. The monoisotopic (exact) mass is 280 g/mol. The Morgan fingerprint density at radius 2 is 2.00 bits per heavy atom. The number of ether oxygens (including phenoxy) is 1. The molecule has 116 valence electrons. The fraction of sp³-hybridized carbons (Fsp3) is 1.00. The molecule has 0 spiro atoms. The number of likely N-dealkylation sites (tertiary alicyclic amines) is 1. The highest BCUT2D eigenvalue weighted by atomic mass is 16.5. The molecule has 0 bridgehead atoms. The average Bonchev–Trinajstić information content (AvgIpc) is 3.33. The van der Waals surface area contributed by atoms with Crippen molar-refractivity contribution in [2.45, 2.75) is 56.9 Å². The van der Waals surface area contributed by atoms with Crippen LogP contribution in [0.2, 0.25) is 0 Å². The molecule has 3 unspecified atom stereocenters. The first kappa shape index (κ1) is 14.8. The van der Waals surface area contributed by atoms with Gasteiger partial charge in [-0.15, -0.1) is 0 Å². The lowest BCUT2D eigenvalue weighted by molar-refractivity contribution is -0.0127. The van der Waals surface area contributed by atoms with Crippen LogP contribution >= 0.6 is 0 Å². The molecule has 1 heterocycles. The first-order chi connectivity index (χ1) is 9.77. The zero-order valence-electron chi connectivity index (χ0n) is 13.2. The first-order valence-corrected chi connectivity index (χ1v) is 8.71. The van der Waals surface area contributed by atoms with Gasteiger partial charge in [-0.3, -0.25) is 4.90 Å². The summed E-state index contributed by atoms with van der Waals surface area (Å²) in [6, 6.07) is 0. The summed E-state index contributed by atoms with van der Waals surface area (Å²) in [6.45, 7) is 4.25. The molecule has 3 heteroatoms. The number of hydrogen-bond acceptors (Lipinski definition) is 3. The van der Waals surface area contributed by atoms with Gasteiger partial charge in [0.2, 0.25) is 0 Å². The minimum Gasteiger partial charge on any atom is -0.384 e. The van der Waals surface area contributed by atoms with Crippen LogP contribution in [0.15, 0.2) is 0 Å². The van der Waals surface area contributed by atoms with Crippen LogP contribution in [0.1, 0.15) is 51.4 Å². The van der Waals surface area contributed by atoms with Crippen molar-refractivity contribution in [2.24, 2.45) is 23.5 Å². The van der Waals surface area contributed by atoms with Gasteiger partial charge in [0.05, 0.1) is 6.61 Å². The van der Waals surface area contributed by atoms with Crippen molar-refractivity contribution >= 4 is 0 Å². The minimum absolute atomic E-state index is 0.317. The van der Waals surface area contributed by atoms with E-state index in [1.807, 2.05) is 7.11 Å². The van der Waals surface area contributed by atoms with E-state index in [0.717, 1.165) is 30.9 Å². The molecule has 3 nitrogen and oxygen atoms in total. The van der Waals surface area contributed by atoms with Crippen molar-refractivity contribution in [1.82, 2.24) is 4.90 Å². The van der Waals surface area contributed by atoms with E-state index in [9.17, 15) is 0 Å². The summed E-state index contributed by atoms with van der Waals surface area (Å²) in [7, 11) is 1.83. The van der Waals surface area contributed by atoms with E-state index in [1.165, 1.54) is 64.5 Å². The SMILES string of the molecule is COCC1CCCN(C2(CN)CCCC(C3CC3)C2)C1. The molecule has 2 N–H and O–H groups in total. The van der Waals surface area contributed by atoms with Gasteiger partial charge in [0, 0.05) is 25.7 Å². The fourth-order valence-corrected chi connectivity index (χ4v) is 4.82. The van der Waals surface area contributed by atoms with E-state index in [1.54, 1.807) is 0 Å². The summed E-state index contributed by atoms with van der Waals surface area (Å²) in [6.07, 6.45) is 11.2. The Labute approximate surface area is 124 Å². The summed E-state index contributed by atoms with van der Waals surface area (Å²) in [5, 5.41) is 0. The second kappa shape index (κ2) is 6.33. The zero-order chi connectivity index (χ0) is 14.0. The maximum Gasteiger partial charge on any atom is 0.0502 e. The van der Waals surface area contributed by atoms with Crippen molar-refractivity contribution in [3.05, 3.63) is 0 Å². The largest absolute Gasteiger partial charge is 0.384 e. The van der Waals surface area contributed by atoms with Gasteiger partial charge in [-0.25, -0.2) is 0 Å². The van der Waals surface area contributed by atoms with Crippen LogP contribution in [0.4, 0.5) is 0 Å². The number of piperidine rings is 1. The highest BCUT2D eigenvalue weighted by Gasteiger charge is 2.45. The number of rotatable bonds is 5. The highest BCUT2D eigenvalue weighted by Crippen LogP contribution is 2.48. The topological polar surface area (TPSA) is 38.5 Å². The fourth-order valence-electron chi connectivity index (χ4n) is 4.82. The number of nitrogens with zero attached hydrogens (tertiary/aromatic N) is 1. The van der Waals surface area contributed by atoms with Crippen LogP contribution in [0, 0.1) is 17.8 Å². The third kappa shape index (κ3) is 3.05. The van der Waals surface area contributed by atoms with Gasteiger partial charge in [0.15, 0.2) is 0 Å². The molecule has 0 aromatic heterocycles. The second-order valence-corrected chi connectivity index (χ2v) is 7.53. The Hall–Kier alpha value is -0.120. The van der Waals surface area contributed by atoms with Gasteiger partial charge in [-0.05, 0) is 62.8 Å². The van der Waals surface area contributed by atoms with Crippen molar-refractivity contribution in [3.8, 4) is 0 Å². The quantitative estimate of drug-likeness (QED) is 0.841. The molecule has 3 rings (SSSR count). The van der Waals surface area contributed by atoms with Crippen LogP contribution in [0.5, 0.6) is 0 Å². The number of methoxy groups -OCH3 is 1. The van der Waals surface area contributed by atoms with Crippen LogP contribution in [0.3, 0.4) is 0 Å². The third-order valence-corrected chi connectivity index (χ3v) is 6.12. The predicted octanol–water partition coefficient (Wildman–Crippen LogP) is 2.64. The number of hydrogen-bond donors (Lipinski definition) is 1. The third-order valence-electron chi connectivity index (χ3n) is 6.12. The molecule has 20 heavy (non-hydrogen) atoms. The maximum atomic E-state index is 6.30. The Balaban J connectivity index is 1.67. The number of nitrogens with two attached hydrogens (primary N) is 1. The van der Waals surface area contributed by atoms with Crippen molar-refractivity contribution in [1.29, 1.82) is 0 Å². The predicted molar refractivity (Wildman–Crippen MR) is 82.6 cm³/mol. The lowest BCUT2D eigenvalue weighted by Gasteiger charge is -2.51. The van der Waals surface area contributed by atoms with Gasteiger partial charge < -0.3 is 10.5 Å². The molecular weight excluding hydrogens is 248 g/mol. The summed E-state index contributed by atoms with van der Waals surface area (Å²) in [4.78, 5) is 2.76. The van der Waals surface area contributed by atoms with Gasteiger partial charge in [0.1, 0.15) is 0 Å². The summed E-state index contributed by atoms with van der Waals surface area (Å²) in [5.41, 5.74) is 6.62. The van der Waals surface area contributed by atoms with E-state index in [2.05, 4.69) is 4.90 Å². The first-order valence-electron chi connectivity index (χ1n) is 8.71. The molecule has 2 saturated carbocycles. The molecule has 2 aliphatic carbocycles. The molecule has 0 radical (unpaired) electrons. The van der Waals surface area contributed by atoms with E-state index < -0.39 is 0 Å². The average molecular weight is 280 g/mol. The minimum atomic E-state index is 0.317. The normalized spacial score (nSPS) is 39.9. The van der Waals surface area contributed by atoms with Crippen LogP contribution in [-0.4, -0.2) is 43.8 Å². The molecule has 3 fully saturated rings. The standard InChI is InChI=1S/C17H32N2O/c1-20-12-14-4-3-9-19(11-14)17(13-18)8-2-5-16(10-17)15-6-7-15/h14-16H,2-13,18H2,1H3. The molecule has 0 aromatic carbocycles. The van der Waals surface area contributed by atoms with Crippen LogP contribution < -0.4 is 5.73 Å². The Morgan fingerprint density at radius 3 is 2.70 bits per heavy atom. The van der Waals surface area contributed by atoms with E-state index in [4.69, 9.17) is 10.5 Å². The van der Waals surface area contributed by atoms with Gasteiger partial charge in [-0.2, -0.15) is 0 Å². The van der Waals surface area contributed by atoms with E-state index in [0.29, 0.717) is 5.54 Å². The van der Waals surface area contributed by atoms with Crippen LogP contribution in [-0.2, 0) is 4.74 Å². The summed E-state index contributed by atoms with van der Waals surface area (Å²) < 4.78 is 5.39. The molecule has 3 atom stereocenters. The van der Waals surface area contributed by atoms with E-state index in [-0.39, 0.29) is 0 Å². The van der Waals surface area contributed by atoms with Gasteiger partial charge in [-0.1, -0.05) is 12.8 Å². The van der Waals surface area contributed by atoms with Gasteiger partial charge in [0.25, 0.3) is 0 Å². The highest BCUT2D eigenvalue weighted by molar-refractivity contribution is 5.01. The summed E-state index contributed by atoms with van der Waals surface area (Å²) in [5.74, 6) is 2.73. The second-order valence-electron chi connectivity index (χ2n) is 7.53. The lowest BCUT2D eigenvalue weighted by atomic mass is 9.72. The zero-order valence-corrected chi connectivity index (χ0v) is 13.2. The van der Waals surface area contributed by atoms with Crippen LogP contribution in [0.25, 0.3) is 0 Å². The molecule has 3 aliphatic rings. The van der Waals surface area contributed by atoms with E-state index >= 15 is 0 Å². The molecule has 0 amide bonds. The molecule has 1 saturated heterocycles. The molecule has 1 aliphatic heterocycles. The smallest absolute Gasteiger partial charge is 0.0502 e. The maximum absolute atomic E-state index is 6.30. The Kier molecular flexibility index (Phi) is 4.68. The molecule has 0 aromatic rings. The molecular formula is C17H32N2O.